The molecule has 2 aliphatic rings. The molecule has 2 saturated heterocycles. The number of unbranched alkanes of at least 4 members (excludes halogenated alkanes) is 5. The van der Waals surface area contributed by atoms with E-state index < -0.39 is 48.6 Å². The van der Waals surface area contributed by atoms with Crippen LogP contribution in [0.25, 0.3) is 0 Å². The van der Waals surface area contributed by atoms with Gasteiger partial charge >= 0.3 is 11.9 Å². The number of aliphatic hydroxyl groups excluding tert-OH is 3. The van der Waals surface area contributed by atoms with Crippen molar-refractivity contribution < 1.29 is 44.2 Å². The molecule has 2 aliphatic heterocycles. The second-order valence-electron chi connectivity index (χ2n) is 10.2. The summed E-state index contributed by atoms with van der Waals surface area (Å²) in [6.45, 7) is 5.96. The van der Waals surface area contributed by atoms with Crippen LogP contribution in [0.15, 0.2) is 11.6 Å². The van der Waals surface area contributed by atoms with E-state index in [1.54, 1.807) is 20.8 Å². The maximum atomic E-state index is 12.1. The van der Waals surface area contributed by atoms with Crippen LogP contribution in [0.3, 0.4) is 0 Å². The maximum absolute atomic E-state index is 12.1. The third-order valence-corrected chi connectivity index (χ3v) is 7.17. The third-order valence-electron chi connectivity index (χ3n) is 7.17. The first-order valence-electron chi connectivity index (χ1n) is 13.0. The van der Waals surface area contributed by atoms with E-state index in [1.807, 2.05) is 0 Å². The minimum Gasteiger partial charge on any atom is -0.481 e. The number of carbonyl (C=O) groups excluding carboxylic acids is 1. The normalized spacial score (nSPS) is 29.3. The van der Waals surface area contributed by atoms with E-state index >= 15 is 0 Å². The molecular weight excluding hydrogens is 456 g/mol. The van der Waals surface area contributed by atoms with Crippen molar-refractivity contribution in [3.63, 3.8) is 0 Å². The molecule has 202 valence electrons. The number of aliphatic carboxylic acids is 1. The summed E-state index contributed by atoms with van der Waals surface area (Å²) in [5.74, 6) is -1.53. The molecule has 0 aromatic heterocycles. The van der Waals surface area contributed by atoms with Crippen molar-refractivity contribution in [1.29, 1.82) is 0 Å². The highest BCUT2D eigenvalue weighted by Crippen LogP contribution is 2.38. The van der Waals surface area contributed by atoms with Crippen molar-refractivity contribution in [2.45, 2.75) is 115 Å². The molecule has 4 N–H and O–H groups in total. The lowest BCUT2D eigenvalue weighted by Gasteiger charge is -2.36. The molecular formula is C26H44O9. The maximum Gasteiger partial charge on any atom is 0.330 e. The zero-order valence-electron chi connectivity index (χ0n) is 21.3. The Balaban J connectivity index is 1.68. The van der Waals surface area contributed by atoms with Gasteiger partial charge < -0.3 is 34.6 Å². The molecule has 0 radical (unpaired) electrons. The van der Waals surface area contributed by atoms with E-state index in [4.69, 9.17) is 19.3 Å². The van der Waals surface area contributed by atoms with E-state index in [0.717, 1.165) is 37.7 Å². The Morgan fingerprint density at radius 1 is 1.09 bits per heavy atom. The predicted molar refractivity (Wildman–Crippen MR) is 129 cm³/mol. The highest BCUT2D eigenvalue weighted by atomic mass is 16.6. The molecule has 0 bridgehead atoms. The predicted octanol–water partition coefficient (Wildman–Crippen LogP) is 2.59. The fourth-order valence-electron chi connectivity index (χ4n) is 4.78. The summed E-state index contributed by atoms with van der Waals surface area (Å²) in [6.07, 6.45) is 4.09. The summed E-state index contributed by atoms with van der Waals surface area (Å²) in [5.41, 5.74) is 0.744. The number of rotatable bonds is 15. The van der Waals surface area contributed by atoms with Gasteiger partial charge in [0.2, 0.25) is 0 Å². The van der Waals surface area contributed by atoms with Crippen LogP contribution in [0.5, 0.6) is 0 Å². The molecule has 0 aliphatic carbocycles. The lowest BCUT2D eigenvalue weighted by Crippen LogP contribution is -2.48. The summed E-state index contributed by atoms with van der Waals surface area (Å²) in [7, 11) is 0. The van der Waals surface area contributed by atoms with Gasteiger partial charge in [0.25, 0.3) is 0 Å². The van der Waals surface area contributed by atoms with E-state index in [0.29, 0.717) is 32.5 Å². The molecule has 0 aromatic rings. The number of esters is 1. The zero-order chi connectivity index (χ0) is 26.0. The summed E-state index contributed by atoms with van der Waals surface area (Å²) in [5, 5.41) is 39.7. The Bertz CT molecular complexity index is 692. The van der Waals surface area contributed by atoms with Gasteiger partial charge in [-0.25, -0.2) is 4.79 Å². The van der Waals surface area contributed by atoms with Crippen molar-refractivity contribution >= 4 is 11.9 Å². The monoisotopic (exact) mass is 500 g/mol. The summed E-state index contributed by atoms with van der Waals surface area (Å²) in [6, 6.07) is 0. The van der Waals surface area contributed by atoms with Crippen LogP contribution in [0.2, 0.25) is 0 Å². The number of ether oxygens (including phenoxy) is 3. The molecule has 9 nitrogen and oxygen atoms in total. The van der Waals surface area contributed by atoms with Crippen molar-refractivity contribution in [3.8, 4) is 0 Å². The number of carboxylic acids is 1. The molecule has 9 heteroatoms. The topological polar surface area (TPSA) is 143 Å². The molecule has 0 aromatic carbocycles. The van der Waals surface area contributed by atoms with E-state index in [-0.39, 0.29) is 18.3 Å². The van der Waals surface area contributed by atoms with Gasteiger partial charge in [0.05, 0.1) is 43.7 Å². The minimum atomic E-state index is -0.873. The van der Waals surface area contributed by atoms with Gasteiger partial charge in [0, 0.05) is 24.3 Å². The second-order valence-corrected chi connectivity index (χ2v) is 10.2. The van der Waals surface area contributed by atoms with Crippen molar-refractivity contribution in [3.05, 3.63) is 11.6 Å². The molecule has 8 atom stereocenters. The Morgan fingerprint density at radius 3 is 2.40 bits per heavy atom. The summed E-state index contributed by atoms with van der Waals surface area (Å²) in [4.78, 5) is 22.6. The Kier molecular flexibility index (Phi) is 12.6. The number of aliphatic hydroxyl groups is 3. The van der Waals surface area contributed by atoms with Gasteiger partial charge in [-0.2, -0.15) is 0 Å². The molecule has 0 amide bonds. The Labute approximate surface area is 208 Å². The Hall–Kier alpha value is -1.52. The highest BCUT2D eigenvalue weighted by molar-refractivity contribution is 5.82. The number of carbonyl (C=O) groups is 2. The molecule has 35 heavy (non-hydrogen) atoms. The minimum absolute atomic E-state index is 0.0199. The molecule has 2 unspecified atom stereocenters. The van der Waals surface area contributed by atoms with Crippen LogP contribution >= 0.6 is 0 Å². The van der Waals surface area contributed by atoms with E-state index in [1.165, 1.54) is 6.08 Å². The van der Waals surface area contributed by atoms with Gasteiger partial charge in [-0.1, -0.05) is 38.2 Å². The number of fused-ring (bicyclic) bond motifs is 1. The zero-order valence-corrected chi connectivity index (χ0v) is 21.3. The first kappa shape index (κ1) is 29.7. The summed E-state index contributed by atoms with van der Waals surface area (Å²) < 4.78 is 17.1. The molecule has 2 fully saturated rings. The standard InChI is InChI=1S/C26H44O9/c1-16(13-23(30)33-11-9-7-5-4-6-8-10-22(28)29)12-20-25(32)26-19(15-34-20)14-21(35-26)24(31)17(2)18(3)27/h13,17-21,24-27,31-32H,4-12,14-15H2,1-3H3,(H,28,29)/b16-13+/t17-,18+,19+,20?,21?,24+,25+,26+/m1/s1. The second kappa shape index (κ2) is 14.9. The van der Waals surface area contributed by atoms with Gasteiger partial charge in [-0.05, 0) is 39.5 Å². The van der Waals surface area contributed by atoms with Crippen LogP contribution in [-0.2, 0) is 23.8 Å². The first-order chi connectivity index (χ1) is 16.6. The Morgan fingerprint density at radius 2 is 1.74 bits per heavy atom. The van der Waals surface area contributed by atoms with Gasteiger partial charge in [0.1, 0.15) is 6.10 Å². The van der Waals surface area contributed by atoms with Crippen LogP contribution in [-0.4, -0.2) is 82.2 Å². The molecule has 0 saturated carbocycles. The van der Waals surface area contributed by atoms with Crippen molar-refractivity contribution in [2.24, 2.45) is 11.8 Å². The fourth-order valence-corrected chi connectivity index (χ4v) is 4.78. The number of hydrogen-bond donors (Lipinski definition) is 4. The van der Waals surface area contributed by atoms with Crippen LogP contribution in [0.1, 0.15) is 78.6 Å². The average molecular weight is 501 g/mol. The number of carboxylic acid groups (broad SMARTS) is 1. The summed E-state index contributed by atoms with van der Waals surface area (Å²) >= 11 is 0. The highest BCUT2D eigenvalue weighted by Gasteiger charge is 2.48. The van der Waals surface area contributed by atoms with Gasteiger partial charge in [-0.15, -0.1) is 0 Å². The van der Waals surface area contributed by atoms with Gasteiger partial charge in [-0.3, -0.25) is 4.79 Å². The van der Waals surface area contributed by atoms with E-state index in [2.05, 4.69) is 0 Å². The van der Waals surface area contributed by atoms with E-state index in [9.17, 15) is 24.9 Å². The first-order valence-corrected chi connectivity index (χ1v) is 13.0. The number of hydrogen-bond acceptors (Lipinski definition) is 8. The molecule has 0 spiro atoms. The van der Waals surface area contributed by atoms with Crippen molar-refractivity contribution in [1.82, 2.24) is 0 Å². The SMILES string of the molecule is C/C(=C\C(=O)OCCCCCCCCC(=O)O)CC1OC[C@@H]2CC([C@@H](O)[C@H](C)[C@H](C)O)O[C@@H]2[C@H]1O. The third kappa shape index (κ3) is 9.80. The lowest BCUT2D eigenvalue weighted by atomic mass is 9.87. The largest absolute Gasteiger partial charge is 0.481 e. The van der Waals surface area contributed by atoms with Gasteiger partial charge in [0.15, 0.2) is 0 Å². The fraction of sp³-hybridized carbons (Fsp3) is 0.846. The van der Waals surface area contributed by atoms with Crippen molar-refractivity contribution in [2.75, 3.05) is 13.2 Å². The van der Waals surface area contributed by atoms with Crippen LogP contribution < -0.4 is 0 Å². The molecule has 2 heterocycles. The quantitative estimate of drug-likeness (QED) is 0.152. The van der Waals surface area contributed by atoms with Crippen LogP contribution in [0.4, 0.5) is 0 Å². The average Bonchev–Trinajstić information content (AvgIpc) is 3.23. The lowest BCUT2D eigenvalue weighted by molar-refractivity contribution is -0.170. The smallest absolute Gasteiger partial charge is 0.330 e. The molecule has 2 rings (SSSR count). The van der Waals surface area contributed by atoms with Crippen LogP contribution in [0, 0.1) is 11.8 Å².